The Kier molecular flexibility index (Phi) is 5.12. The normalized spacial score (nSPS) is 18.8. The number of thioether (sulfide) groups is 1. The molecule has 1 aromatic heterocycles. The summed E-state index contributed by atoms with van der Waals surface area (Å²) in [5.41, 5.74) is 5.32. The van der Waals surface area contributed by atoms with Gasteiger partial charge in [-0.15, -0.1) is 11.3 Å². The fourth-order valence-electron chi connectivity index (χ4n) is 1.78. The Morgan fingerprint density at radius 2 is 2.44 bits per heavy atom. The maximum atomic E-state index is 12.0. The van der Waals surface area contributed by atoms with E-state index < -0.39 is 0 Å². The van der Waals surface area contributed by atoms with Gasteiger partial charge in [0.25, 0.3) is 5.91 Å². The second-order valence-corrected chi connectivity index (χ2v) is 6.29. The van der Waals surface area contributed by atoms with Crippen molar-refractivity contribution in [2.45, 2.75) is 18.9 Å². The average Bonchev–Trinajstić information content (AvgIpc) is 2.86. The van der Waals surface area contributed by atoms with Crippen LogP contribution in [-0.2, 0) is 0 Å². The highest BCUT2D eigenvalue weighted by Crippen LogP contribution is 2.19. The molecule has 1 aromatic rings. The van der Waals surface area contributed by atoms with Crippen LogP contribution in [0.1, 0.15) is 27.4 Å². The highest BCUT2D eigenvalue weighted by molar-refractivity contribution is 7.99. The molecule has 0 aliphatic carbocycles. The summed E-state index contributed by atoms with van der Waals surface area (Å²) in [5, 5.41) is 3.08. The molecule has 1 saturated heterocycles. The minimum absolute atomic E-state index is 0.0216. The summed E-state index contributed by atoms with van der Waals surface area (Å²) >= 11 is 3.33. The zero-order valence-corrected chi connectivity index (χ0v) is 11.7. The van der Waals surface area contributed by atoms with Gasteiger partial charge in [0, 0.05) is 11.8 Å². The molecule has 1 unspecified atom stereocenters. The molecular weight excluding hydrogens is 264 g/mol. The van der Waals surface area contributed by atoms with Crippen molar-refractivity contribution in [1.29, 1.82) is 0 Å². The number of nitrogens with two attached hydrogens (primary N) is 1. The topological polar surface area (TPSA) is 55.1 Å². The van der Waals surface area contributed by atoms with Crippen LogP contribution in [0.25, 0.3) is 0 Å². The van der Waals surface area contributed by atoms with Crippen LogP contribution in [0, 0.1) is 11.8 Å². The third-order valence-corrected chi connectivity index (χ3v) is 4.85. The van der Waals surface area contributed by atoms with Gasteiger partial charge < -0.3 is 11.1 Å². The zero-order chi connectivity index (χ0) is 12.8. The van der Waals surface area contributed by atoms with Gasteiger partial charge in [0.15, 0.2) is 0 Å². The SMILES string of the molecule is NCC#Cc1ccc(C(=O)NC2CCCSC2)s1. The molecule has 1 amide bonds. The molecule has 0 spiro atoms. The minimum Gasteiger partial charge on any atom is -0.348 e. The Bertz CT molecular complexity index is 467. The third kappa shape index (κ3) is 3.77. The average molecular weight is 280 g/mol. The second kappa shape index (κ2) is 6.83. The molecule has 3 nitrogen and oxygen atoms in total. The summed E-state index contributed by atoms with van der Waals surface area (Å²) in [6.45, 7) is 0.346. The Morgan fingerprint density at radius 3 is 3.17 bits per heavy atom. The number of nitrogens with one attached hydrogen (secondary N) is 1. The van der Waals surface area contributed by atoms with Crippen LogP contribution >= 0.6 is 23.1 Å². The lowest BCUT2D eigenvalue weighted by Crippen LogP contribution is -2.37. The van der Waals surface area contributed by atoms with Gasteiger partial charge in [0.1, 0.15) is 0 Å². The van der Waals surface area contributed by atoms with Gasteiger partial charge in [-0.05, 0) is 30.7 Å². The Hall–Kier alpha value is -0.960. The highest BCUT2D eigenvalue weighted by Gasteiger charge is 2.17. The van der Waals surface area contributed by atoms with Gasteiger partial charge in [-0.25, -0.2) is 0 Å². The molecule has 2 heterocycles. The van der Waals surface area contributed by atoms with Crippen LogP contribution in [0.15, 0.2) is 12.1 Å². The Morgan fingerprint density at radius 1 is 1.56 bits per heavy atom. The number of carbonyl (C=O) groups is 1. The van der Waals surface area contributed by atoms with Crippen molar-refractivity contribution in [1.82, 2.24) is 5.32 Å². The molecule has 0 aromatic carbocycles. The van der Waals surface area contributed by atoms with Crippen molar-refractivity contribution >= 4 is 29.0 Å². The summed E-state index contributed by atoms with van der Waals surface area (Å²) in [5.74, 6) is 7.99. The molecule has 96 valence electrons. The van der Waals surface area contributed by atoms with Crippen LogP contribution in [0.4, 0.5) is 0 Å². The maximum absolute atomic E-state index is 12.0. The number of rotatable bonds is 2. The molecule has 1 aliphatic heterocycles. The molecule has 1 atom stereocenters. The molecular formula is C13H16N2OS2. The van der Waals surface area contributed by atoms with Crippen molar-refractivity contribution in [2.24, 2.45) is 5.73 Å². The monoisotopic (exact) mass is 280 g/mol. The lowest BCUT2D eigenvalue weighted by Gasteiger charge is -2.21. The van der Waals surface area contributed by atoms with Crippen molar-refractivity contribution in [3.63, 3.8) is 0 Å². The first kappa shape index (κ1) is 13.5. The van der Waals surface area contributed by atoms with Gasteiger partial charge in [-0.2, -0.15) is 11.8 Å². The Labute approximate surface area is 116 Å². The quantitative estimate of drug-likeness (QED) is 0.811. The second-order valence-electron chi connectivity index (χ2n) is 4.06. The van der Waals surface area contributed by atoms with Crippen molar-refractivity contribution < 1.29 is 4.79 Å². The number of hydrogen-bond donors (Lipinski definition) is 2. The van der Waals surface area contributed by atoms with Gasteiger partial charge in [0.05, 0.1) is 16.3 Å². The first-order valence-corrected chi connectivity index (χ1v) is 7.94. The maximum Gasteiger partial charge on any atom is 0.261 e. The number of amides is 1. The van der Waals surface area contributed by atoms with Crippen LogP contribution in [0.5, 0.6) is 0 Å². The predicted octanol–water partition coefficient (Wildman–Crippen LogP) is 1.68. The van der Waals surface area contributed by atoms with Crippen LogP contribution in [0.2, 0.25) is 0 Å². The summed E-state index contributed by atoms with van der Waals surface area (Å²) in [4.78, 5) is 13.6. The van der Waals surface area contributed by atoms with Crippen LogP contribution in [-0.4, -0.2) is 30.0 Å². The lowest BCUT2D eigenvalue weighted by molar-refractivity contribution is 0.0942. The van der Waals surface area contributed by atoms with Crippen LogP contribution in [0.3, 0.4) is 0 Å². The molecule has 18 heavy (non-hydrogen) atoms. The molecule has 0 saturated carbocycles. The first-order chi connectivity index (χ1) is 8.79. The van der Waals surface area contributed by atoms with E-state index >= 15 is 0 Å². The van der Waals surface area contributed by atoms with Crippen molar-refractivity contribution in [3.05, 3.63) is 21.9 Å². The lowest BCUT2D eigenvalue weighted by atomic mass is 10.2. The fraction of sp³-hybridized carbons (Fsp3) is 0.462. The van der Waals surface area contributed by atoms with Crippen molar-refractivity contribution in [3.8, 4) is 11.8 Å². The van der Waals surface area contributed by atoms with E-state index in [4.69, 9.17) is 5.73 Å². The van der Waals surface area contributed by atoms with E-state index in [0.717, 1.165) is 21.9 Å². The van der Waals surface area contributed by atoms with Gasteiger partial charge in [0.2, 0.25) is 0 Å². The zero-order valence-electron chi connectivity index (χ0n) is 10.1. The van der Waals surface area contributed by atoms with Crippen molar-refractivity contribution in [2.75, 3.05) is 18.1 Å². The van der Waals surface area contributed by atoms with E-state index in [0.29, 0.717) is 12.6 Å². The summed E-state index contributed by atoms with van der Waals surface area (Å²) in [6.07, 6.45) is 2.28. The summed E-state index contributed by atoms with van der Waals surface area (Å²) < 4.78 is 0. The molecule has 1 aliphatic rings. The van der Waals surface area contributed by atoms with E-state index in [-0.39, 0.29) is 5.91 Å². The van der Waals surface area contributed by atoms with E-state index in [1.165, 1.54) is 23.5 Å². The third-order valence-electron chi connectivity index (χ3n) is 2.64. The highest BCUT2D eigenvalue weighted by atomic mass is 32.2. The number of carbonyl (C=O) groups excluding carboxylic acids is 1. The smallest absolute Gasteiger partial charge is 0.261 e. The van der Waals surface area contributed by atoms with E-state index in [1.807, 2.05) is 23.9 Å². The first-order valence-electron chi connectivity index (χ1n) is 5.97. The largest absolute Gasteiger partial charge is 0.348 e. The van der Waals surface area contributed by atoms with E-state index in [1.54, 1.807) is 0 Å². The van der Waals surface area contributed by atoms with Gasteiger partial charge in [-0.3, -0.25) is 4.79 Å². The number of thiophene rings is 1. The number of hydrogen-bond acceptors (Lipinski definition) is 4. The molecule has 3 N–H and O–H groups in total. The Balaban J connectivity index is 1.93. The summed E-state index contributed by atoms with van der Waals surface area (Å²) in [6, 6.07) is 4.02. The molecule has 0 bridgehead atoms. The predicted molar refractivity (Wildman–Crippen MR) is 78.1 cm³/mol. The fourth-order valence-corrected chi connectivity index (χ4v) is 3.63. The molecule has 1 fully saturated rings. The molecule has 0 radical (unpaired) electrons. The summed E-state index contributed by atoms with van der Waals surface area (Å²) in [7, 11) is 0. The van der Waals surface area contributed by atoms with Gasteiger partial charge >= 0.3 is 0 Å². The van der Waals surface area contributed by atoms with Crippen LogP contribution < -0.4 is 11.1 Å². The van der Waals surface area contributed by atoms with E-state index in [2.05, 4.69) is 17.2 Å². The molecule has 5 heteroatoms. The van der Waals surface area contributed by atoms with Gasteiger partial charge in [-0.1, -0.05) is 11.8 Å². The van der Waals surface area contributed by atoms with E-state index in [9.17, 15) is 4.79 Å². The minimum atomic E-state index is 0.0216. The standard InChI is InChI=1S/C13H16N2OS2/c14-7-1-4-11-5-6-12(18-11)13(16)15-10-3-2-8-17-9-10/h5-6,10H,2-3,7-9,14H2,(H,15,16). The molecule has 2 rings (SSSR count).